The largest absolute Gasteiger partial charge is 0.355 e. The smallest absolute Gasteiger partial charge is 0.197 e. The first-order valence-corrected chi connectivity index (χ1v) is 21.9. The third kappa shape index (κ3) is 5.76. The van der Waals surface area contributed by atoms with Crippen LogP contribution in [0.2, 0.25) is 0 Å². The van der Waals surface area contributed by atoms with Crippen molar-refractivity contribution in [1.29, 1.82) is 0 Å². The zero-order chi connectivity index (χ0) is 41.0. The Balaban J connectivity index is 1.18. The minimum absolute atomic E-state index is 0.0864. The van der Waals surface area contributed by atoms with Gasteiger partial charge in [0.2, 0.25) is 0 Å². The fourth-order valence-electron chi connectivity index (χ4n) is 10.8. The van der Waals surface area contributed by atoms with Gasteiger partial charge in [-0.2, -0.15) is 0 Å². The lowest BCUT2D eigenvalue weighted by Gasteiger charge is -2.49. The van der Waals surface area contributed by atoms with E-state index in [-0.39, 0.29) is 16.2 Å². The monoisotopic (exact) mass is 775 g/mol. The summed E-state index contributed by atoms with van der Waals surface area (Å²) in [5.74, 6) is 0. The van der Waals surface area contributed by atoms with E-state index in [0.717, 1.165) is 24.2 Å². The maximum Gasteiger partial charge on any atom is 0.197 e. The highest BCUT2D eigenvalue weighted by Crippen LogP contribution is 2.57. The van der Waals surface area contributed by atoms with Crippen LogP contribution < -0.4 is 21.1 Å². The Morgan fingerprint density at radius 1 is 0.600 bits per heavy atom. The normalized spacial score (nSPS) is 17.4. The zero-order valence-corrected chi connectivity index (χ0v) is 35.8. The van der Waals surface area contributed by atoms with E-state index in [1.165, 1.54) is 107 Å². The van der Waals surface area contributed by atoms with Crippen molar-refractivity contribution in [2.45, 2.75) is 83.5 Å². The van der Waals surface area contributed by atoms with Crippen LogP contribution >= 0.6 is 0 Å². The molecule has 0 unspecified atom stereocenters. The molecule has 1 N–H and O–H groups in total. The number of hydrogen-bond acceptors (Lipinski definition) is 2. The molecule has 0 bridgehead atoms. The molecule has 2 heterocycles. The molecule has 0 amide bonds. The number of anilines is 5. The maximum atomic E-state index is 3.97. The van der Waals surface area contributed by atoms with Crippen molar-refractivity contribution in [1.82, 2.24) is 0 Å². The first kappa shape index (κ1) is 37.0. The molecule has 4 aliphatic rings. The molecule has 60 heavy (non-hydrogen) atoms. The summed E-state index contributed by atoms with van der Waals surface area (Å²) in [5, 5.41) is 6.46. The van der Waals surface area contributed by atoms with Gasteiger partial charge in [-0.1, -0.05) is 162 Å². The number of hydrogen-bond donors (Lipinski definition) is 1. The van der Waals surface area contributed by atoms with Crippen molar-refractivity contribution in [2.75, 3.05) is 10.2 Å². The van der Waals surface area contributed by atoms with E-state index in [1.807, 2.05) is 0 Å². The van der Waals surface area contributed by atoms with Gasteiger partial charge in [0.1, 0.15) is 0 Å². The van der Waals surface area contributed by atoms with E-state index in [4.69, 9.17) is 0 Å². The van der Waals surface area contributed by atoms with Crippen molar-refractivity contribution in [2.24, 2.45) is 0 Å². The van der Waals surface area contributed by atoms with Gasteiger partial charge < -0.3 is 10.2 Å². The third-order valence-corrected chi connectivity index (χ3v) is 14.4. The Morgan fingerprint density at radius 2 is 1.35 bits per heavy atom. The average molecular weight is 776 g/mol. The second kappa shape index (κ2) is 13.5. The molecule has 7 aromatic carbocycles. The Bertz CT molecular complexity index is 2960. The number of nitrogens with one attached hydrogen (secondary N) is 1. The predicted molar refractivity (Wildman–Crippen MR) is 258 cm³/mol. The Labute approximate surface area is 356 Å². The number of rotatable bonds is 5. The fourth-order valence-corrected chi connectivity index (χ4v) is 10.8. The lowest BCUT2D eigenvalue weighted by atomic mass is 9.55. The lowest BCUT2D eigenvalue weighted by molar-refractivity contribution is 0.331. The van der Waals surface area contributed by atoms with Gasteiger partial charge >= 0.3 is 0 Å². The molecule has 0 aromatic heterocycles. The Hall–Kier alpha value is -6.06. The van der Waals surface area contributed by atoms with E-state index in [2.05, 4.69) is 211 Å². The molecule has 7 aromatic rings. The molecule has 293 valence electrons. The van der Waals surface area contributed by atoms with Gasteiger partial charge in [-0.15, -0.1) is 0 Å². The minimum atomic E-state index is -0.172. The molecule has 2 aliphatic carbocycles. The van der Waals surface area contributed by atoms with Crippen LogP contribution in [-0.4, -0.2) is 7.28 Å². The van der Waals surface area contributed by atoms with Crippen molar-refractivity contribution >= 4 is 63.0 Å². The molecule has 0 saturated heterocycles. The van der Waals surface area contributed by atoms with Crippen LogP contribution in [0.3, 0.4) is 0 Å². The van der Waals surface area contributed by atoms with Gasteiger partial charge in [-0.25, -0.2) is 0 Å². The number of fused-ring (bicyclic) bond motifs is 6. The number of benzene rings is 7. The van der Waals surface area contributed by atoms with Crippen LogP contribution in [0.4, 0.5) is 28.4 Å². The summed E-state index contributed by atoms with van der Waals surface area (Å²) in [6.07, 6.45) is 11.2. The highest BCUT2D eigenvalue weighted by molar-refractivity contribution is 6.74. The molecular formula is C57H52BN2. The third-order valence-electron chi connectivity index (χ3n) is 14.4. The summed E-state index contributed by atoms with van der Waals surface area (Å²) in [7, 11) is 2.49. The summed E-state index contributed by atoms with van der Waals surface area (Å²) in [5.41, 5.74) is 21.9. The maximum absolute atomic E-state index is 3.97. The van der Waals surface area contributed by atoms with Gasteiger partial charge in [0.05, 0.1) is 5.69 Å². The van der Waals surface area contributed by atoms with Gasteiger partial charge in [0.25, 0.3) is 0 Å². The highest BCUT2D eigenvalue weighted by Gasteiger charge is 2.45. The molecule has 2 aliphatic heterocycles. The van der Waals surface area contributed by atoms with Gasteiger partial charge in [0.15, 0.2) is 7.28 Å². The molecule has 0 spiro atoms. The molecule has 2 nitrogen and oxygen atoms in total. The Morgan fingerprint density at radius 3 is 2.15 bits per heavy atom. The quantitative estimate of drug-likeness (QED) is 0.175. The zero-order valence-electron chi connectivity index (χ0n) is 35.8. The number of allylic oxidation sites excluding steroid dienone is 4. The van der Waals surface area contributed by atoms with Crippen LogP contribution in [0.25, 0.3) is 38.6 Å². The molecule has 11 rings (SSSR count). The summed E-state index contributed by atoms with van der Waals surface area (Å²) in [6, 6.07) is 50.5. The SMILES string of the molecule is CC1(C)CCC(C)(C)c2cc3c(cc21)N1c2cc4ccccc4c(-c4cc(-c5ccccc5)ccc4Nc4cccc(C5=CC=CCC5)c4)c2[B]c2cccc(c21)C3(C)C. The summed E-state index contributed by atoms with van der Waals surface area (Å²) < 4.78 is 0. The van der Waals surface area contributed by atoms with E-state index < -0.39 is 0 Å². The van der Waals surface area contributed by atoms with E-state index in [9.17, 15) is 0 Å². The summed E-state index contributed by atoms with van der Waals surface area (Å²) >= 11 is 0. The van der Waals surface area contributed by atoms with E-state index >= 15 is 0 Å². The summed E-state index contributed by atoms with van der Waals surface area (Å²) in [4.78, 5) is 2.65. The second-order valence-electron chi connectivity index (χ2n) is 19.4. The minimum Gasteiger partial charge on any atom is -0.355 e. The van der Waals surface area contributed by atoms with Crippen LogP contribution in [0.15, 0.2) is 152 Å². The molecular weight excluding hydrogens is 723 g/mol. The summed E-state index contributed by atoms with van der Waals surface area (Å²) in [6.45, 7) is 14.7. The van der Waals surface area contributed by atoms with Gasteiger partial charge in [-0.05, 0) is 139 Å². The molecule has 1 radical (unpaired) electrons. The molecule has 0 atom stereocenters. The Kier molecular flexibility index (Phi) is 8.31. The van der Waals surface area contributed by atoms with E-state index in [0.29, 0.717) is 0 Å². The highest BCUT2D eigenvalue weighted by atomic mass is 15.2. The van der Waals surface area contributed by atoms with Crippen molar-refractivity contribution < 1.29 is 0 Å². The standard InChI is InChI=1S/C57H52BN2/c1-55(2)29-30-56(3,4)46-35-50-47(34-45(46)55)57(5,6)44-25-16-26-48-54(44)60(50)51-33-40-21-13-14-24-42(40)52(53(51)58-48)43-32-39(37-19-11-8-12-20-37)27-28-49(43)59-41-23-15-22-38(31-41)36-17-9-7-10-18-36/h7-9,11-17,19-28,31-35,59H,10,18,29-30H2,1-6H3. The first-order chi connectivity index (χ1) is 29.0. The van der Waals surface area contributed by atoms with Crippen LogP contribution in [-0.2, 0) is 16.2 Å². The average Bonchev–Trinajstić information content (AvgIpc) is 3.26. The molecule has 0 fully saturated rings. The van der Waals surface area contributed by atoms with E-state index in [1.54, 1.807) is 0 Å². The van der Waals surface area contributed by atoms with Crippen molar-refractivity contribution in [3.8, 4) is 22.3 Å². The predicted octanol–water partition coefficient (Wildman–Crippen LogP) is 14.1. The van der Waals surface area contributed by atoms with Gasteiger partial charge in [0, 0.05) is 33.7 Å². The number of nitrogens with zero attached hydrogens (tertiary/aromatic N) is 1. The lowest BCUT2D eigenvalue weighted by Crippen LogP contribution is -2.46. The topological polar surface area (TPSA) is 15.3 Å². The fraction of sp³-hybridized carbons (Fsp3) is 0.228. The number of para-hydroxylation sites is 1. The molecule has 0 saturated carbocycles. The second-order valence-corrected chi connectivity index (χ2v) is 19.4. The van der Waals surface area contributed by atoms with Crippen LogP contribution in [0.5, 0.6) is 0 Å². The first-order valence-electron chi connectivity index (χ1n) is 21.9. The van der Waals surface area contributed by atoms with Crippen LogP contribution in [0.1, 0.15) is 95.0 Å². The van der Waals surface area contributed by atoms with Crippen molar-refractivity contribution in [3.63, 3.8) is 0 Å². The van der Waals surface area contributed by atoms with Crippen molar-refractivity contribution in [3.05, 3.63) is 180 Å². The van der Waals surface area contributed by atoms with Gasteiger partial charge in [-0.3, -0.25) is 0 Å². The molecule has 3 heteroatoms. The van der Waals surface area contributed by atoms with Crippen LogP contribution in [0, 0.1) is 0 Å².